The highest BCUT2D eigenvalue weighted by Crippen LogP contribution is 2.28. The van der Waals surface area contributed by atoms with E-state index in [0.29, 0.717) is 41.6 Å². The highest BCUT2D eigenvalue weighted by molar-refractivity contribution is 5.65. The minimum atomic E-state index is 0.511. The standard InChI is InChI=1S/C22H33N3O2/c1-16(2)25(17(3)4)12-5-6-13-26-18-8-7-9-19(14-18)27-20-10-11-21(23)22(24)15-20/h7-11,14-17H,5-6,12-13,23-24H2,1-4H3. The molecule has 148 valence electrons. The Morgan fingerprint density at radius 3 is 2.15 bits per heavy atom. The van der Waals surface area contributed by atoms with E-state index in [1.807, 2.05) is 24.3 Å². The Morgan fingerprint density at radius 1 is 0.815 bits per heavy atom. The minimum absolute atomic E-state index is 0.511. The van der Waals surface area contributed by atoms with Crippen molar-refractivity contribution in [1.82, 2.24) is 4.90 Å². The molecule has 0 bridgehead atoms. The van der Waals surface area contributed by atoms with Crippen LogP contribution in [-0.4, -0.2) is 30.1 Å². The molecular formula is C22H33N3O2. The van der Waals surface area contributed by atoms with Gasteiger partial charge in [-0.3, -0.25) is 4.90 Å². The molecule has 0 unspecified atom stereocenters. The summed E-state index contributed by atoms with van der Waals surface area (Å²) in [6.07, 6.45) is 2.15. The molecular weight excluding hydrogens is 338 g/mol. The summed E-state index contributed by atoms with van der Waals surface area (Å²) in [5.74, 6) is 2.17. The lowest BCUT2D eigenvalue weighted by atomic mass is 10.2. The number of hydrogen-bond acceptors (Lipinski definition) is 5. The van der Waals surface area contributed by atoms with Crippen LogP contribution in [0.15, 0.2) is 42.5 Å². The molecule has 0 heterocycles. The highest BCUT2D eigenvalue weighted by Gasteiger charge is 2.12. The number of nitrogens with two attached hydrogens (primary N) is 2. The van der Waals surface area contributed by atoms with Crippen LogP contribution in [0.1, 0.15) is 40.5 Å². The van der Waals surface area contributed by atoms with Gasteiger partial charge in [-0.05, 0) is 71.3 Å². The van der Waals surface area contributed by atoms with Gasteiger partial charge in [-0.25, -0.2) is 0 Å². The Bertz CT molecular complexity index is 708. The van der Waals surface area contributed by atoms with Crippen molar-refractivity contribution in [3.05, 3.63) is 42.5 Å². The number of rotatable bonds is 10. The van der Waals surface area contributed by atoms with Crippen LogP contribution in [0.2, 0.25) is 0 Å². The van der Waals surface area contributed by atoms with Gasteiger partial charge in [0.1, 0.15) is 17.2 Å². The SMILES string of the molecule is CC(C)N(CCCCOc1cccc(Oc2ccc(N)c(N)c2)c1)C(C)C. The minimum Gasteiger partial charge on any atom is -0.493 e. The normalized spacial score (nSPS) is 11.4. The van der Waals surface area contributed by atoms with Crippen molar-refractivity contribution in [2.75, 3.05) is 24.6 Å². The number of nitrogens with zero attached hydrogens (tertiary/aromatic N) is 1. The predicted molar refractivity (Wildman–Crippen MR) is 113 cm³/mol. The van der Waals surface area contributed by atoms with Gasteiger partial charge in [-0.2, -0.15) is 0 Å². The third kappa shape index (κ3) is 6.68. The molecule has 4 N–H and O–H groups in total. The molecule has 0 aliphatic carbocycles. The summed E-state index contributed by atoms with van der Waals surface area (Å²) < 4.78 is 11.7. The van der Waals surface area contributed by atoms with Crippen molar-refractivity contribution in [2.24, 2.45) is 0 Å². The average molecular weight is 372 g/mol. The first-order valence-electron chi connectivity index (χ1n) is 9.68. The smallest absolute Gasteiger partial charge is 0.131 e. The van der Waals surface area contributed by atoms with Gasteiger partial charge in [0, 0.05) is 24.2 Å². The van der Waals surface area contributed by atoms with E-state index in [-0.39, 0.29) is 0 Å². The zero-order chi connectivity index (χ0) is 19.8. The van der Waals surface area contributed by atoms with Crippen LogP contribution in [0.3, 0.4) is 0 Å². The van der Waals surface area contributed by atoms with E-state index >= 15 is 0 Å². The predicted octanol–water partition coefficient (Wildman–Crippen LogP) is 4.92. The molecule has 0 saturated carbocycles. The van der Waals surface area contributed by atoms with Crippen molar-refractivity contribution in [3.8, 4) is 17.2 Å². The first kappa shape index (κ1) is 20.9. The first-order chi connectivity index (χ1) is 12.9. The van der Waals surface area contributed by atoms with Crippen molar-refractivity contribution < 1.29 is 9.47 Å². The van der Waals surface area contributed by atoms with Crippen molar-refractivity contribution in [3.63, 3.8) is 0 Å². The Morgan fingerprint density at radius 2 is 1.48 bits per heavy atom. The third-order valence-electron chi connectivity index (χ3n) is 4.51. The molecule has 2 aromatic rings. The van der Waals surface area contributed by atoms with E-state index in [1.165, 1.54) is 0 Å². The second-order valence-electron chi connectivity index (χ2n) is 7.35. The van der Waals surface area contributed by atoms with Gasteiger partial charge in [0.25, 0.3) is 0 Å². The number of nitrogen functional groups attached to an aromatic ring is 2. The van der Waals surface area contributed by atoms with Crippen LogP contribution in [0.5, 0.6) is 17.2 Å². The maximum atomic E-state index is 5.89. The molecule has 0 amide bonds. The van der Waals surface area contributed by atoms with E-state index in [1.54, 1.807) is 18.2 Å². The summed E-state index contributed by atoms with van der Waals surface area (Å²) in [5, 5.41) is 0. The number of anilines is 2. The Kier molecular flexibility index (Phi) is 7.80. The number of ether oxygens (including phenoxy) is 2. The van der Waals surface area contributed by atoms with Gasteiger partial charge in [0.05, 0.1) is 18.0 Å². The van der Waals surface area contributed by atoms with E-state index in [0.717, 1.165) is 25.1 Å². The quantitative estimate of drug-likeness (QED) is 0.458. The second-order valence-corrected chi connectivity index (χ2v) is 7.35. The summed E-state index contributed by atoms with van der Waals surface area (Å²) >= 11 is 0. The molecule has 0 aliphatic rings. The van der Waals surface area contributed by atoms with Gasteiger partial charge in [0.15, 0.2) is 0 Å². The lowest BCUT2D eigenvalue weighted by molar-refractivity contribution is 0.167. The zero-order valence-electron chi connectivity index (χ0n) is 16.9. The molecule has 2 aromatic carbocycles. The number of benzene rings is 2. The summed E-state index contributed by atoms with van der Waals surface area (Å²) in [4.78, 5) is 2.51. The largest absolute Gasteiger partial charge is 0.493 e. The Hall–Kier alpha value is -2.40. The van der Waals surface area contributed by atoms with Crippen LogP contribution in [-0.2, 0) is 0 Å². The van der Waals surface area contributed by atoms with E-state index in [9.17, 15) is 0 Å². The third-order valence-corrected chi connectivity index (χ3v) is 4.51. The molecule has 2 rings (SSSR count). The molecule has 0 atom stereocenters. The van der Waals surface area contributed by atoms with Gasteiger partial charge < -0.3 is 20.9 Å². The zero-order valence-corrected chi connectivity index (χ0v) is 16.9. The molecule has 0 aliphatic heterocycles. The molecule has 27 heavy (non-hydrogen) atoms. The lowest BCUT2D eigenvalue weighted by Gasteiger charge is -2.30. The molecule has 0 spiro atoms. The van der Waals surface area contributed by atoms with Gasteiger partial charge in [-0.15, -0.1) is 0 Å². The van der Waals surface area contributed by atoms with Crippen molar-refractivity contribution >= 4 is 11.4 Å². The fraction of sp³-hybridized carbons (Fsp3) is 0.455. The Labute approximate surface area is 163 Å². The van der Waals surface area contributed by atoms with Crippen LogP contribution in [0.25, 0.3) is 0 Å². The fourth-order valence-electron chi connectivity index (χ4n) is 3.08. The van der Waals surface area contributed by atoms with Crippen LogP contribution in [0.4, 0.5) is 11.4 Å². The highest BCUT2D eigenvalue weighted by atomic mass is 16.5. The van der Waals surface area contributed by atoms with Crippen LogP contribution >= 0.6 is 0 Å². The number of unbranched alkanes of at least 4 members (excludes halogenated alkanes) is 1. The molecule has 0 aromatic heterocycles. The molecule has 0 fully saturated rings. The van der Waals surface area contributed by atoms with Crippen LogP contribution < -0.4 is 20.9 Å². The number of hydrogen-bond donors (Lipinski definition) is 2. The summed E-state index contributed by atoms with van der Waals surface area (Å²) in [7, 11) is 0. The van der Waals surface area contributed by atoms with E-state index in [4.69, 9.17) is 20.9 Å². The summed E-state index contributed by atoms with van der Waals surface area (Å²) in [5.41, 5.74) is 12.6. The maximum Gasteiger partial charge on any atom is 0.131 e. The molecule has 5 nitrogen and oxygen atoms in total. The molecule has 5 heteroatoms. The van der Waals surface area contributed by atoms with E-state index < -0.39 is 0 Å². The second kappa shape index (κ2) is 10.1. The lowest BCUT2D eigenvalue weighted by Crippen LogP contribution is -2.37. The maximum absolute atomic E-state index is 5.89. The van der Waals surface area contributed by atoms with Crippen LogP contribution in [0, 0.1) is 0 Å². The van der Waals surface area contributed by atoms with Gasteiger partial charge >= 0.3 is 0 Å². The Balaban J connectivity index is 1.81. The summed E-state index contributed by atoms with van der Waals surface area (Å²) in [6.45, 7) is 10.8. The fourth-order valence-corrected chi connectivity index (χ4v) is 3.08. The average Bonchev–Trinajstić information content (AvgIpc) is 2.61. The summed E-state index contributed by atoms with van der Waals surface area (Å²) in [6, 6.07) is 14.0. The first-order valence-corrected chi connectivity index (χ1v) is 9.68. The van der Waals surface area contributed by atoms with Crippen molar-refractivity contribution in [1.29, 1.82) is 0 Å². The van der Waals surface area contributed by atoms with Crippen molar-refractivity contribution in [2.45, 2.75) is 52.6 Å². The van der Waals surface area contributed by atoms with Gasteiger partial charge in [0.2, 0.25) is 0 Å². The molecule has 0 saturated heterocycles. The van der Waals surface area contributed by atoms with E-state index in [2.05, 4.69) is 32.6 Å². The molecule has 0 radical (unpaired) electrons. The monoisotopic (exact) mass is 371 g/mol. The topological polar surface area (TPSA) is 73.7 Å². The van der Waals surface area contributed by atoms with Gasteiger partial charge in [-0.1, -0.05) is 6.07 Å².